The molecule has 9 rings (SSSR count). The molecule has 6 aromatic rings. The quantitative estimate of drug-likeness (QED) is 0.0857. The number of amides is 3. The molecule has 0 unspecified atom stereocenters. The van der Waals surface area contributed by atoms with Crippen LogP contribution < -0.4 is 30.3 Å². The number of H-pyrrole nitrogens is 1. The maximum atomic E-state index is 14.7. The molecule has 3 aromatic carbocycles. The molecule has 3 aromatic heterocycles. The van der Waals surface area contributed by atoms with E-state index in [0.29, 0.717) is 65.9 Å². The zero-order valence-electron chi connectivity index (χ0n) is 43.6. The molecule has 4 N–H and O–H groups in total. The van der Waals surface area contributed by atoms with Crippen molar-refractivity contribution >= 4 is 55.9 Å². The van der Waals surface area contributed by atoms with Crippen LogP contribution in [0.3, 0.4) is 0 Å². The highest BCUT2D eigenvalue weighted by Crippen LogP contribution is 2.40. The minimum Gasteiger partial charge on any atom is -0.489 e. The van der Waals surface area contributed by atoms with Crippen LogP contribution >= 0.6 is 0 Å². The molecular formula is C55H66N11O7S. The summed E-state index contributed by atoms with van der Waals surface area (Å²) < 4.78 is 40.2. The zero-order chi connectivity index (χ0) is 52.7. The van der Waals surface area contributed by atoms with Gasteiger partial charge in [0.25, 0.3) is 0 Å². The number of aromatic nitrogens is 6. The third kappa shape index (κ3) is 10.7. The Morgan fingerprint density at radius 3 is 2.34 bits per heavy atom. The van der Waals surface area contributed by atoms with Crippen LogP contribution in [-0.4, -0.2) is 97.2 Å². The van der Waals surface area contributed by atoms with Gasteiger partial charge < -0.3 is 35.2 Å². The van der Waals surface area contributed by atoms with Crippen LogP contribution in [0.1, 0.15) is 114 Å². The highest BCUT2D eigenvalue weighted by atomic mass is 32.2. The van der Waals surface area contributed by atoms with Gasteiger partial charge in [0.1, 0.15) is 58.9 Å². The van der Waals surface area contributed by atoms with Gasteiger partial charge in [0.15, 0.2) is 15.7 Å². The van der Waals surface area contributed by atoms with E-state index < -0.39 is 32.1 Å². The van der Waals surface area contributed by atoms with Gasteiger partial charge in [-0.05, 0) is 99.7 Å². The average Bonchev–Trinajstić information content (AvgIpc) is 3.69. The molecule has 389 valence electrons. The molecule has 3 amide bonds. The van der Waals surface area contributed by atoms with Gasteiger partial charge in [-0.1, -0.05) is 58.0 Å². The number of rotatable bonds is 13. The zero-order valence-corrected chi connectivity index (χ0v) is 44.4. The second kappa shape index (κ2) is 20.6. The normalized spacial score (nSPS) is 17.7. The Morgan fingerprint density at radius 1 is 0.865 bits per heavy atom. The molecule has 1 fully saturated rings. The number of benzene rings is 3. The SMILES string of the molecule is C[CH]C(=O)N[C@H](C(=O)N1Cc2cc(Oc3cc(N4CCC(Oc5cc6ncnc(Nc7n[nH]c(C)c7C)c6cc5S(=O)(=O)C(C)(C)C)CC4)ncn3)ccc2C[C@H]1C(=O)N[C@@H]1CCCc2ccccc21)C(C)(C)C. The van der Waals surface area contributed by atoms with E-state index in [4.69, 9.17) is 9.47 Å². The van der Waals surface area contributed by atoms with Crippen LogP contribution in [0.2, 0.25) is 0 Å². The molecule has 3 aliphatic rings. The molecule has 5 heterocycles. The third-order valence-electron chi connectivity index (χ3n) is 14.4. The van der Waals surface area contributed by atoms with E-state index >= 15 is 0 Å². The summed E-state index contributed by atoms with van der Waals surface area (Å²) in [4.78, 5) is 63.7. The molecule has 18 nitrogen and oxygen atoms in total. The Labute approximate surface area is 432 Å². The van der Waals surface area contributed by atoms with Gasteiger partial charge in [-0.25, -0.2) is 28.4 Å². The number of sulfone groups is 1. The van der Waals surface area contributed by atoms with Gasteiger partial charge in [-0.3, -0.25) is 19.5 Å². The van der Waals surface area contributed by atoms with Gasteiger partial charge in [0.2, 0.25) is 23.6 Å². The molecule has 0 saturated carbocycles. The predicted molar refractivity (Wildman–Crippen MR) is 282 cm³/mol. The summed E-state index contributed by atoms with van der Waals surface area (Å²) in [6.45, 7) is 17.4. The van der Waals surface area contributed by atoms with Crippen LogP contribution in [0.5, 0.6) is 17.4 Å². The predicted octanol–water partition coefficient (Wildman–Crippen LogP) is 8.12. The van der Waals surface area contributed by atoms with Crippen molar-refractivity contribution in [3.05, 3.63) is 113 Å². The molecule has 1 saturated heterocycles. The minimum absolute atomic E-state index is 0.0617. The standard InChI is InChI=1S/C55H66N11O7S/c1-10-47(67)61-49(54(4,5)6)53(69)66-29-36-24-38(19-18-35(36)25-43(66)52(68)60-41-17-13-15-34-14-11-12-16-39(34)41)73-48-28-46(57-31-58-48)65-22-20-37(21-23-65)72-44-27-42-40(26-45(44)74(70,71)55(7,8)9)51(59-30-56-42)62-50-32(2)33(3)63-64-50/h10-12,14,16,18-19,24,26-28,30-31,37,41,43,49H,13,15,17,20-23,25,29H2,1-9H3,(H,60,68)(H,61,67)(H2,56,59,62,63,64)/t41-,43+,49-/m1/s1. The Kier molecular flexibility index (Phi) is 14.4. The lowest BCUT2D eigenvalue weighted by Crippen LogP contribution is -2.60. The first-order valence-corrected chi connectivity index (χ1v) is 26.8. The van der Waals surface area contributed by atoms with Crippen LogP contribution in [0.15, 0.2) is 78.2 Å². The number of aromatic amines is 1. The molecule has 0 bridgehead atoms. The smallest absolute Gasteiger partial charge is 0.246 e. The number of anilines is 3. The Bertz CT molecular complexity index is 3210. The lowest BCUT2D eigenvalue weighted by Gasteiger charge is -2.41. The molecule has 0 spiro atoms. The van der Waals surface area contributed by atoms with Crippen LogP contribution in [0.25, 0.3) is 10.9 Å². The average molecular weight is 1030 g/mol. The van der Waals surface area contributed by atoms with Gasteiger partial charge in [-0.15, -0.1) is 0 Å². The molecule has 3 atom stereocenters. The number of nitrogens with one attached hydrogen (secondary N) is 4. The third-order valence-corrected chi connectivity index (χ3v) is 16.9. The number of hydrogen-bond acceptors (Lipinski definition) is 14. The number of aryl methyl sites for hydroxylation is 2. The molecule has 1 aliphatic carbocycles. The Morgan fingerprint density at radius 2 is 1.62 bits per heavy atom. The van der Waals surface area contributed by atoms with Crippen molar-refractivity contribution in [1.82, 2.24) is 45.7 Å². The highest BCUT2D eigenvalue weighted by molar-refractivity contribution is 7.92. The number of fused-ring (bicyclic) bond motifs is 3. The second-order valence-electron chi connectivity index (χ2n) is 21.6. The van der Waals surface area contributed by atoms with Gasteiger partial charge in [0, 0.05) is 74.1 Å². The lowest BCUT2D eigenvalue weighted by molar-refractivity contribution is -0.147. The first-order valence-electron chi connectivity index (χ1n) is 25.3. The molecule has 74 heavy (non-hydrogen) atoms. The first kappa shape index (κ1) is 51.7. The number of nitrogens with zero attached hydrogens (tertiary/aromatic N) is 7. The summed E-state index contributed by atoms with van der Waals surface area (Å²) >= 11 is 0. The minimum atomic E-state index is -3.89. The summed E-state index contributed by atoms with van der Waals surface area (Å²) in [7, 11) is -3.89. The monoisotopic (exact) mass is 1020 g/mol. The van der Waals surface area contributed by atoms with Crippen molar-refractivity contribution in [2.45, 2.75) is 141 Å². The van der Waals surface area contributed by atoms with Gasteiger partial charge in [-0.2, -0.15) is 5.10 Å². The highest BCUT2D eigenvalue weighted by Gasteiger charge is 2.43. The number of ether oxygens (including phenoxy) is 2. The van der Waals surface area contributed by atoms with Crippen molar-refractivity contribution in [1.29, 1.82) is 0 Å². The van der Waals surface area contributed by atoms with E-state index in [1.165, 1.54) is 24.6 Å². The fourth-order valence-electron chi connectivity index (χ4n) is 9.88. The summed E-state index contributed by atoms with van der Waals surface area (Å²) in [5.41, 5.74) is 5.72. The summed E-state index contributed by atoms with van der Waals surface area (Å²) in [6, 6.07) is 17.0. The van der Waals surface area contributed by atoms with Crippen molar-refractivity contribution < 1.29 is 32.3 Å². The van der Waals surface area contributed by atoms with Crippen LogP contribution in [-0.2, 0) is 43.6 Å². The topological polar surface area (TPSA) is 227 Å². The van der Waals surface area contributed by atoms with Crippen LogP contribution in [0.4, 0.5) is 17.5 Å². The number of carbonyl (C=O) groups is 3. The van der Waals surface area contributed by atoms with E-state index in [-0.39, 0.29) is 53.5 Å². The van der Waals surface area contributed by atoms with E-state index in [9.17, 15) is 22.8 Å². The van der Waals surface area contributed by atoms with Crippen molar-refractivity contribution in [3.8, 4) is 17.4 Å². The Hall–Kier alpha value is -7.15. The van der Waals surface area contributed by atoms with Gasteiger partial charge in [0.05, 0.1) is 16.3 Å². The second-order valence-corrected chi connectivity index (χ2v) is 24.3. The lowest BCUT2D eigenvalue weighted by atomic mass is 9.83. The molecule has 19 heteroatoms. The summed E-state index contributed by atoms with van der Waals surface area (Å²) in [5.74, 6) is 1.75. The Balaban J connectivity index is 0.909. The van der Waals surface area contributed by atoms with E-state index in [0.717, 1.165) is 47.2 Å². The fraction of sp³-hybridized carbons (Fsp3) is 0.436. The summed E-state index contributed by atoms with van der Waals surface area (Å²) in [5, 5.41) is 17.3. The van der Waals surface area contributed by atoms with Gasteiger partial charge >= 0.3 is 0 Å². The van der Waals surface area contributed by atoms with E-state index in [1.807, 2.05) is 65.0 Å². The number of piperidine rings is 1. The maximum absolute atomic E-state index is 14.7. The van der Waals surface area contributed by atoms with Crippen molar-refractivity contribution in [2.24, 2.45) is 5.41 Å². The molecule has 2 aliphatic heterocycles. The van der Waals surface area contributed by atoms with E-state index in [2.05, 4.69) is 63.1 Å². The molecule has 1 radical (unpaired) electrons. The number of carbonyl (C=O) groups excluding carboxylic acids is 3. The molecular weight excluding hydrogens is 959 g/mol. The summed E-state index contributed by atoms with van der Waals surface area (Å²) in [6.07, 6.45) is 8.09. The maximum Gasteiger partial charge on any atom is 0.246 e. The van der Waals surface area contributed by atoms with Crippen molar-refractivity contribution in [2.75, 3.05) is 23.3 Å². The largest absolute Gasteiger partial charge is 0.489 e. The first-order chi connectivity index (χ1) is 35.2. The van der Waals surface area contributed by atoms with E-state index in [1.54, 1.807) is 50.8 Å². The fourth-order valence-corrected chi connectivity index (χ4v) is 11.2. The van der Waals surface area contributed by atoms with Crippen LogP contribution in [0, 0.1) is 25.7 Å². The number of hydrogen-bond donors (Lipinski definition) is 4. The van der Waals surface area contributed by atoms with Crippen molar-refractivity contribution in [3.63, 3.8) is 0 Å².